The minimum absolute atomic E-state index is 0.118. The molecule has 1 heterocycles. The molecule has 4 N–H and O–H groups in total. The van der Waals surface area contributed by atoms with Crippen LogP contribution in [0.4, 0.5) is 5.69 Å². The van der Waals surface area contributed by atoms with Gasteiger partial charge in [0, 0.05) is 23.9 Å². The lowest BCUT2D eigenvalue weighted by atomic mass is 9.99. The van der Waals surface area contributed by atoms with Crippen LogP contribution in [0.25, 0.3) is 11.1 Å². The highest BCUT2D eigenvalue weighted by Crippen LogP contribution is 2.33. The van der Waals surface area contributed by atoms with E-state index in [4.69, 9.17) is 5.73 Å². The monoisotopic (exact) mass is 281 g/mol. The van der Waals surface area contributed by atoms with Crippen molar-refractivity contribution in [2.75, 3.05) is 12.4 Å². The third-order valence-corrected chi connectivity index (χ3v) is 3.63. The molecule has 5 nitrogen and oxygen atoms in total. The van der Waals surface area contributed by atoms with Crippen molar-refractivity contribution in [2.45, 2.75) is 6.04 Å². The normalized spacial score (nSPS) is 16.3. The van der Waals surface area contributed by atoms with Gasteiger partial charge in [0.25, 0.3) is 5.91 Å². The van der Waals surface area contributed by atoms with Gasteiger partial charge in [-0.1, -0.05) is 18.2 Å². The first-order chi connectivity index (χ1) is 10.1. The van der Waals surface area contributed by atoms with Gasteiger partial charge >= 0.3 is 0 Å². The minimum atomic E-state index is -0.620. The van der Waals surface area contributed by atoms with Crippen LogP contribution in [0.1, 0.15) is 22.0 Å². The van der Waals surface area contributed by atoms with Crippen LogP contribution in [0.5, 0.6) is 0 Å². The van der Waals surface area contributed by atoms with Crippen LogP contribution in [0, 0.1) is 0 Å². The van der Waals surface area contributed by atoms with Gasteiger partial charge in [-0.15, -0.1) is 0 Å². The van der Waals surface area contributed by atoms with Gasteiger partial charge in [0.1, 0.15) is 6.04 Å². The Balaban J connectivity index is 1.95. The zero-order chi connectivity index (χ0) is 15.0. The number of nitrogens with two attached hydrogens (primary N) is 1. The molecule has 2 aromatic rings. The second-order valence-corrected chi connectivity index (χ2v) is 4.93. The molecule has 1 atom stereocenters. The van der Waals surface area contributed by atoms with E-state index in [0.29, 0.717) is 5.56 Å². The summed E-state index contributed by atoms with van der Waals surface area (Å²) in [5.41, 5.74) is 9.95. The van der Waals surface area contributed by atoms with Gasteiger partial charge in [0.2, 0.25) is 5.91 Å². The summed E-state index contributed by atoms with van der Waals surface area (Å²) in [5.74, 6) is -0.301. The van der Waals surface area contributed by atoms with Gasteiger partial charge in [-0.25, -0.2) is 0 Å². The minimum Gasteiger partial charge on any atom is -0.355 e. The fraction of sp³-hybridized carbons (Fsp3) is 0.125. The van der Waals surface area contributed by atoms with E-state index in [0.717, 1.165) is 22.4 Å². The van der Waals surface area contributed by atoms with Gasteiger partial charge in [-0.05, 0) is 35.4 Å². The third-order valence-electron chi connectivity index (χ3n) is 3.63. The molecular formula is C16H15N3O2. The van der Waals surface area contributed by atoms with Gasteiger partial charge < -0.3 is 16.4 Å². The van der Waals surface area contributed by atoms with Crippen molar-refractivity contribution in [1.29, 1.82) is 0 Å². The molecule has 2 aromatic carbocycles. The summed E-state index contributed by atoms with van der Waals surface area (Å²) in [5, 5.41) is 5.32. The van der Waals surface area contributed by atoms with Crippen LogP contribution in [-0.4, -0.2) is 18.9 Å². The van der Waals surface area contributed by atoms with Crippen molar-refractivity contribution in [3.05, 3.63) is 53.6 Å². The van der Waals surface area contributed by atoms with Crippen LogP contribution in [0.2, 0.25) is 0 Å². The van der Waals surface area contributed by atoms with Crippen LogP contribution >= 0.6 is 0 Å². The van der Waals surface area contributed by atoms with Crippen molar-refractivity contribution in [3.63, 3.8) is 0 Å². The van der Waals surface area contributed by atoms with E-state index < -0.39 is 6.04 Å². The molecule has 0 spiro atoms. The number of carbonyl (C=O) groups is 2. The molecule has 3 rings (SSSR count). The second-order valence-electron chi connectivity index (χ2n) is 4.93. The number of hydrogen-bond donors (Lipinski definition) is 3. The first-order valence-electron chi connectivity index (χ1n) is 6.63. The summed E-state index contributed by atoms with van der Waals surface area (Å²) in [6.45, 7) is 0. The van der Waals surface area contributed by atoms with E-state index in [-0.39, 0.29) is 11.8 Å². The van der Waals surface area contributed by atoms with Crippen molar-refractivity contribution < 1.29 is 9.59 Å². The lowest BCUT2D eigenvalue weighted by molar-refractivity contribution is -0.116. The molecule has 1 aliphatic rings. The Bertz CT molecular complexity index is 723. The van der Waals surface area contributed by atoms with Crippen LogP contribution in [-0.2, 0) is 4.79 Å². The Kier molecular flexibility index (Phi) is 3.19. The van der Waals surface area contributed by atoms with Crippen molar-refractivity contribution in [1.82, 2.24) is 5.32 Å². The molecule has 106 valence electrons. The number of hydrogen-bond acceptors (Lipinski definition) is 3. The van der Waals surface area contributed by atoms with E-state index >= 15 is 0 Å². The smallest absolute Gasteiger partial charge is 0.251 e. The van der Waals surface area contributed by atoms with E-state index in [9.17, 15) is 9.59 Å². The Morgan fingerprint density at radius 1 is 1.14 bits per heavy atom. The van der Waals surface area contributed by atoms with Crippen molar-refractivity contribution in [3.8, 4) is 11.1 Å². The van der Waals surface area contributed by atoms with Crippen molar-refractivity contribution in [2.24, 2.45) is 5.73 Å². The number of carbonyl (C=O) groups excluding carboxylic acids is 2. The van der Waals surface area contributed by atoms with E-state index in [2.05, 4.69) is 10.6 Å². The highest BCUT2D eigenvalue weighted by molar-refractivity contribution is 6.03. The summed E-state index contributed by atoms with van der Waals surface area (Å²) in [6.07, 6.45) is 0. The zero-order valence-corrected chi connectivity index (χ0v) is 11.5. The van der Waals surface area contributed by atoms with E-state index in [1.54, 1.807) is 19.2 Å². The maximum Gasteiger partial charge on any atom is 0.251 e. The lowest BCUT2D eigenvalue weighted by Crippen LogP contribution is -2.19. The van der Waals surface area contributed by atoms with Gasteiger partial charge in [0.15, 0.2) is 0 Å². The molecule has 5 heteroatoms. The number of nitrogens with one attached hydrogen (secondary N) is 2. The third kappa shape index (κ3) is 2.28. The number of rotatable bonds is 2. The lowest BCUT2D eigenvalue weighted by Gasteiger charge is -2.07. The molecule has 0 aliphatic carbocycles. The summed E-state index contributed by atoms with van der Waals surface area (Å²) >= 11 is 0. The molecule has 0 saturated heterocycles. The predicted octanol–water partition coefficient (Wildman–Crippen LogP) is 1.67. The number of anilines is 1. The second kappa shape index (κ2) is 5.03. The van der Waals surface area contributed by atoms with Gasteiger partial charge in [-0.2, -0.15) is 0 Å². The summed E-state index contributed by atoms with van der Waals surface area (Å²) < 4.78 is 0. The molecule has 1 aliphatic heterocycles. The van der Waals surface area contributed by atoms with Crippen LogP contribution in [0.15, 0.2) is 42.5 Å². The molecule has 0 fully saturated rings. The van der Waals surface area contributed by atoms with E-state index in [1.165, 1.54) is 0 Å². The Morgan fingerprint density at radius 3 is 2.48 bits per heavy atom. The predicted molar refractivity (Wildman–Crippen MR) is 80.8 cm³/mol. The Hall–Kier alpha value is -2.66. The maximum absolute atomic E-state index is 11.6. The van der Waals surface area contributed by atoms with Crippen LogP contribution in [0.3, 0.4) is 0 Å². The van der Waals surface area contributed by atoms with Crippen LogP contribution < -0.4 is 16.4 Å². The standard InChI is InChI=1S/C16H15N3O2/c1-18-15(20)10-4-2-9(3-5-10)11-6-7-13-12(8-11)14(17)16(21)19-13/h2-8,14H,17H2,1H3,(H,18,20)(H,19,21). The molecule has 0 bridgehead atoms. The molecule has 2 amide bonds. The summed E-state index contributed by atoms with van der Waals surface area (Å²) in [7, 11) is 1.60. The molecule has 0 radical (unpaired) electrons. The van der Waals surface area contributed by atoms with Gasteiger partial charge in [0.05, 0.1) is 0 Å². The summed E-state index contributed by atoms with van der Waals surface area (Å²) in [4.78, 5) is 23.1. The first-order valence-corrected chi connectivity index (χ1v) is 6.63. The molecule has 0 saturated carbocycles. The average molecular weight is 281 g/mol. The van der Waals surface area contributed by atoms with Gasteiger partial charge in [-0.3, -0.25) is 9.59 Å². The van der Waals surface area contributed by atoms with E-state index in [1.807, 2.05) is 30.3 Å². The van der Waals surface area contributed by atoms with Crippen molar-refractivity contribution >= 4 is 17.5 Å². The quantitative estimate of drug-likeness (QED) is 0.782. The average Bonchev–Trinajstić information content (AvgIpc) is 2.81. The largest absolute Gasteiger partial charge is 0.355 e. The Morgan fingerprint density at radius 2 is 1.81 bits per heavy atom. The zero-order valence-electron chi connectivity index (χ0n) is 11.5. The number of fused-ring (bicyclic) bond motifs is 1. The Labute approximate surface area is 122 Å². The highest BCUT2D eigenvalue weighted by Gasteiger charge is 2.27. The fourth-order valence-corrected chi connectivity index (χ4v) is 2.42. The SMILES string of the molecule is CNC(=O)c1ccc(-c2ccc3c(c2)C(N)C(=O)N3)cc1. The first kappa shape index (κ1) is 13.3. The fourth-order valence-electron chi connectivity index (χ4n) is 2.42. The topological polar surface area (TPSA) is 84.2 Å². The molecule has 21 heavy (non-hydrogen) atoms. The molecular weight excluding hydrogens is 266 g/mol. The molecule has 0 aromatic heterocycles. The molecule has 1 unspecified atom stereocenters. The summed E-state index contributed by atoms with van der Waals surface area (Å²) in [6, 6.07) is 12.4. The number of benzene rings is 2. The highest BCUT2D eigenvalue weighted by atomic mass is 16.2. The maximum atomic E-state index is 11.6. The number of amides is 2.